The average molecular weight is 215 g/mol. The van der Waals surface area contributed by atoms with Crippen molar-refractivity contribution in [2.75, 3.05) is 20.2 Å². The molecule has 4 nitrogen and oxygen atoms in total. The number of piperidine rings is 1. The summed E-state index contributed by atoms with van der Waals surface area (Å²) in [6.45, 7) is 5.41. The van der Waals surface area contributed by atoms with E-state index >= 15 is 0 Å². The highest BCUT2D eigenvalue weighted by molar-refractivity contribution is 5.74. The van der Waals surface area contributed by atoms with Crippen LogP contribution in [0.3, 0.4) is 0 Å². The van der Waals surface area contributed by atoms with Crippen LogP contribution in [0.25, 0.3) is 0 Å². The summed E-state index contributed by atoms with van der Waals surface area (Å²) in [4.78, 5) is 11.7. The first-order valence-electron chi connectivity index (χ1n) is 5.52. The predicted octanol–water partition coefficient (Wildman–Crippen LogP) is 0.546. The van der Waals surface area contributed by atoms with E-state index in [9.17, 15) is 9.90 Å². The lowest BCUT2D eigenvalue weighted by molar-refractivity contribution is -0.161. The highest BCUT2D eigenvalue weighted by Gasteiger charge is 2.44. The van der Waals surface area contributed by atoms with Gasteiger partial charge in [0.2, 0.25) is 0 Å². The fraction of sp³-hybridized carbons (Fsp3) is 0.909. The number of ether oxygens (including phenoxy) is 1. The van der Waals surface area contributed by atoms with Crippen LogP contribution in [-0.4, -0.2) is 36.9 Å². The molecule has 0 aromatic heterocycles. The Hall–Kier alpha value is -0.610. The van der Waals surface area contributed by atoms with E-state index in [1.54, 1.807) is 0 Å². The topological polar surface area (TPSA) is 58.6 Å². The molecule has 1 unspecified atom stereocenters. The maximum atomic E-state index is 11.7. The molecule has 15 heavy (non-hydrogen) atoms. The van der Waals surface area contributed by atoms with Gasteiger partial charge in [0.1, 0.15) is 0 Å². The van der Waals surface area contributed by atoms with Crippen molar-refractivity contribution in [2.45, 2.75) is 32.3 Å². The van der Waals surface area contributed by atoms with E-state index < -0.39 is 11.5 Å². The van der Waals surface area contributed by atoms with E-state index in [2.05, 4.69) is 5.32 Å². The molecule has 0 aliphatic carbocycles. The number of carbonyl (C=O) groups excluding carboxylic acids is 1. The van der Waals surface area contributed by atoms with Crippen LogP contribution in [0.15, 0.2) is 0 Å². The van der Waals surface area contributed by atoms with Gasteiger partial charge in [0.25, 0.3) is 0 Å². The quantitative estimate of drug-likeness (QED) is 0.675. The van der Waals surface area contributed by atoms with Gasteiger partial charge < -0.3 is 15.2 Å². The number of methoxy groups -OCH3 is 1. The molecule has 0 aromatic rings. The van der Waals surface area contributed by atoms with Gasteiger partial charge in [-0.3, -0.25) is 4.79 Å². The Kier molecular flexibility index (Phi) is 4.11. The number of carbonyl (C=O) groups is 1. The maximum Gasteiger partial charge on any atom is 0.311 e. The summed E-state index contributed by atoms with van der Waals surface area (Å²) in [5.74, 6) is -0.612. The Morgan fingerprint density at radius 1 is 1.40 bits per heavy atom. The molecule has 0 aromatic carbocycles. The second kappa shape index (κ2) is 4.94. The number of rotatable bonds is 3. The van der Waals surface area contributed by atoms with Crippen LogP contribution in [0.2, 0.25) is 0 Å². The SMILES string of the molecule is COC(=O)C(C(C)C)C1(O)CCNCC1. The molecule has 0 amide bonds. The number of nitrogens with one attached hydrogen (secondary N) is 1. The van der Waals surface area contributed by atoms with Crippen molar-refractivity contribution in [2.24, 2.45) is 11.8 Å². The molecule has 1 saturated heterocycles. The normalized spacial score (nSPS) is 22.5. The molecular weight excluding hydrogens is 194 g/mol. The largest absolute Gasteiger partial charge is 0.469 e. The summed E-state index contributed by atoms with van der Waals surface area (Å²) in [7, 11) is 1.38. The summed E-state index contributed by atoms with van der Waals surface area (Å²) in [6, 6.07) is 0. The molecule has 0 radical (unpaired) electrons. The van der Waals surface area contributed by atoms with Gasteiger partial charge in [-0.25, -0.2) is 0 Å². The highest BCUT2D eigenvalue weighted by atomic mass is 16.5. The molecule has 1 aliphatic heterocycles. The zero-order chi connectivity index (χ0) is 11.5. The van der Waals surface area contributed by atoms with Crippen molar-refractivity contribution in [3.63, 3.8) is 0 Å². The zero-order valence-corrected chi connectivity index (χ0v) is 9.75. The van der Waals surface area contributed by atoms with Gasteiger partial charge >= 0.3 is 5.97 Å². The Bertz CT molecular complexity index is 222. The lowest BCUT2D eigenvalue weighted by atomic mass is 9.74. The Morgan fingerprint density at radius 2 is 1.93 bits per heavy atom. The van der Waals surface area contributed by atoms with E-state index in [0.29, 0.717) is 12.8 Å². The summed E-state index contributed by atoms with van der Waals surface area (Å²) in [5.41, 5.74) is -0.896. The molecular formula is C11H21NO3. The minimum Gasteiger partial charge on any atom is -0.469 e. The smallest absolute Gasteiger partial charge is 0.311 e. The minimum absolute atomic E-state index is 0.0977. The van der Waals surface area contributed by atoms with Gasteiger partial charge in [-0.2, -0.15) is 0 Å². The molecule has 1 aliphatic rings. The third-order valence-electron chi connectivity index (χ3n) is 3.17. The van der Waals surface area contributed by atoms with E-state index in [1.807, 2.05) is 13.8 Å². The van der Waals surface area contributed by atoms with Gasteiger partial charge in [-0.05, 0) is 31.8 Å². The first-order chi connectivity index (χ1) is 7.01. The third kappa shape index (κ3) is 2.69. The molecule has 4 heteroatoms. The van der Waals surface area contributed by atoms with Crippen LogP contribution < -0.4 is 5.32 Å². The number of hydrogen-bond acceptors (Lipinski definition) is 4. The van der Waals surface area contributed by atoms with Crippen LogP contribution in [0, 0.1) is 11.8 Å². The molecule has 0 saturated carbocycles. The van der Waals surface area contributed by atoms with Gasteiger partial charge in [0.15, 0.2) is 0 Å². The Morgan fingerprint density at radius 3 is 2.33 bits per heavy atom. The first-order valence-corrected chi connectivity index (χ1v) is 5.52. The van der Waals surface area contributed by atoms with Crippen LogP contribution in [0.1, 0.15) is 26.7 Å². The number of aliphatic hydroxyl groups is 1. The average Bonchev–Trinajstić information content (AvgIpc) is 2.17. The molecule has 1 rings (SSSR count). The molecule has 1 heterocycles. The lowest BCUT2D eigenvalue weighted by Gasteiger charge is -2.39. The Balaban J connectivity index is 2.81. The van der Waals surface area contributed by atoms with E-state index in [0.717, 1.165) is 13.1 Å². The van der Waals surface area contributed by atoms with E-state index in [-0.39, 0.29) is 11.9 Å². The molecule has 1 fully saturated rings. The molecule has 88 valence electrons. The van der Waals surface area contributed by atoms with Crippen molar-refractivity contribution in [3.05, 3.63) is 0 Å². The van der Waals surface area contributed by atoms with Crippen molar-refractivity contribution in [1.29, 1.82) is 0 Å². The first kappa shape index (κ1) is 12.5. The van der Waals surface area contributed by atoms with Gasteiger partial charge in [-0.1, -0.05) is 13.8 Å². The summed E-state index contributed by atoms with van der Waals surface area (Å²) in [5, 5.41) is 13.6. The maximum absolute atomic E-state index is 11.7. The monoisotopic (exact) mass is 215 g/mol. The summed E-state index contributed by atoms with van der Waals surface area (Å²) in [6.07, 6.45) is 1.23. The highest BCUT2D eigenvalue weighted by Crippen LogP contribution is 2.33. The van der Waals surface area contributed by atoms with E-state index in [4.69, 9.17) is 4.74 Å². The fourth-order valence-electron chi connectivity index (χ4n) is 2.41. The van der Waals surface area contributed by atoms with Crippen molar-refractivity contribution in [3.8, 4) is 0 Å². The summed E-state index contributed by atoms with van der Waals surface area (Å²) < 4.78 is 4.77. The van der Waals surface area contributed by atoms with Crippen LogP contribution in [-0.2, 0) is 9.53 Å². The number of hydrogen-bond donors (Lipinski definition) is 2. The second-order valence-corrected chi connectivity index (χ2v) is 4.60. The van der Waals surface area contributed by atoms with Crippen molar-refractivity contribution < 1.29 is 14.6 Å². The van der Waals surface area contributed by atoms with Crippen molar-refractivity contribution in [1.82, 2.24) is 5.32 Å². The third-order valence-corrected chi connectivity index (χ3v) is 3.17. The lowest BCUT2D eigenvalue weighted by Crippen LogP contribution is -2.52. The minimum atomic E-state index is -0.896. The standard InChI is InChI=1S/C11H21NO3/c1-8(2)9(10(13)15-3)11(14)4-6-12-7-5-11/h8-9,12,14H,4-7H2,1-3H3. The van der Waals surface area contributed by atoms with Crippen LogP contribution in [0.4, 0.5) is 0 Å². The molecule has 1 atom stereocenters. The van der Waals surface area contributed by atoms with E-state index in [1.165, 1.54) is 7.11 Å². The second-order valence-electron chi connectivity index (χ2n) is 4.60. The molecule has 0 spiro atoms. The summed E-state index contributed by atoms with van der Waals surface area (Å²) >= 11 is 0. The zero-order valence-electron chi connectivity index (χ0n) is 9.75. The number of esters is 1. The molecule has 0 bridgehead atoms. The van der Waals surface area contributed by atoms with Gasteiger partial charge in [0, 0.05) is 0 Å². The molecule has 2 N–H and O–H groups in total. The van der Waals surface area contributed by atoms with Crippen LogP contribution >= 0.6 is 0 Å². The fourth-order valence-corrected chi connectivity index (χ4v) is 2.41. The van der Waals surface area contributed by atoms with Crippen LogP contribution in [0.5, 0.6) is 0 Å². The van der Waals surface area contributed by atoms with Crippen molar-refractivity contribution >= 4 is 5.97 Å². The van der Waals surface area contributed by atoms with Gasteiger partial charge in [0.05, 0.1) is 18.6 Å². The van der Waals surface area contributed by atoms with Gasteiger partial charge in [-0.15, -0.1) is 0 Å². The Labute approximate surface area is 91.0 Å². The predicted molar refractivity (Wildman–Crippen MR) is 57.4 cm³/mol.